The highest BCUT2D eigenvalue weighted by molar-refractivity contribution is 14.0. The number of guanidine groups is 1. The van der Waals surface area contributed by atoms with Gasteiger partial charge in [0, 0.05) is 32.6 Å². The summed E-state index contributed by atoms with van der Waals surface area (Å²) in [5.41, 5.74) is 0. The maximum atomic E-state index is 11.5. The first-order valence-corrected chi connectivity index (χ1v) is 5.89. The monoisotopic (exact) mass is 364 g/mol. The van der Waals surface area contributed by atoms with Crippen LogP contribution >= 0.6 is 24.0 Å². The number of likely N-dealkylation sites (tertiary alicyclic amines) is 1. The van der Waals surface area contributed by atoms with Crippen LogP contribution in [0.2, 0.25) is 0 Å². The molecule has 102 valence electrons. The van der Waals surface area contributed by atoms with Crippen molar-refractivity contribution in [1.82, 2.24) is 15.5 Å². The lowest BCUT2D eigenvalue weighted by Gasteiger charge is -2.18. The van der Waals surface area contributed by atoms with Crippen molar-refractivity contribution in [2.75, 3.05) is 26.7 Å². The molecular weight excluding hydrogens is 343 g/mol. The number of terminal acetylenes is 1. The highest BCUT2D eigenvalue weighted by Crippen LogP contribution is 2.10. The maximum Gasteiger partial charge on any atom is 0.222 e. The van der Waals surface area contributed by atoms with Gasteiger partial charge in [-0.15, -0.1) is 30.4 Å². The number of halogens is 1. The largest absolute Gasteiger partial charge is 0.352 e. The zero-order valence-electron chi connectivity index (χ0n) is 10.9. The second-order valence-corrected chi connectivity index (χ2v) is 3.95. The third kappa shape index (κ3) is 5.12. The topological polar surface area (TPSA) is 56.7 Å². The second-order valence-electron chi connectivity index (χ2n) is 3.95. The number of aliphatic imine (C=N–C) groups is 1. The Bertz CT molecular complexity index is 337. The molecule has 1 atom stereocenters. The molecule has 0 aromatic carbocycles. The molecule has 0 radical (unpaired) electrons. The lowest BCUT2D eigenvalue weighted by Crippen LogP contribution is -2.45. The lowest BCUT2D eigenvalue weighted by atomic mass is 10.3. The van der Waals surface area contributed by atoms with Gasteiger partial charge >= 0.3 is 0 Å². The van der Waals surface area contributed by atoms with E-state index in [1.165, 1.54) is 0 Å². The van der Waals surface area contributed by atoms with Gasteiger partial charge in [0.15, 0.2) is 5.96 Å². The molecular formula is C12H21IN4O. The molecule has 1 heterocycles. The second kappa shape index (κ2) is 9.03. The predicted molar refractivity (Wildman–Crippen MR) is 84.0 cm³/mol. The number of amides is 1. The van der Waals surface area contributed by atoms with Gasteiger partial charge in [-0.05, 0) is 6.42 Å². The fraction of sp³-hybridized carbons (Fsp3) is 0.667. The lowest BCUT2D eigenvalue weighted by molar-refractivity contribution is -0.129. The molecule has 0 aromatic heterocycles. The van der Waals surface area contributed by atoms with Crippen LogP contribution in [0.3, 0.4) is 0 Å². The van der Waals surface area contributed by atoms with E-state index in [-0.39, 0.29) is 35.9 Å². The fourth-order valence-corrected chi connectivity index (χ4v) is 1.85. The Labute approximate surface area is 126 Å². The molecule has 1 aliphatic rings. The van der Waals surface area contributed by atoms with Crippen LogP contribution in [-0.4, -0.2) is 49.5 Å². The van der Waals surface area contributed by atoms with Gasteiger partial charge in [-0.25, -0.2) is 0 Å². The van der Waals surface area contributed by atoms with Crippen molar-refractivity contribution in [1.29, 1.82) is 0 Å². The van der Waals surface area contributed by atoms with E-state index in [0.717, 1.165) is 19.5 Å². The van der Waals surface area contributed by atoms with Crippen LogP contribution < -0.4 is 10.6 Å². The van der Waals surface area contributed by atoms with Crippen molar-refractivity contribution in [2.45, 2.75) is 25.8 Å². The quantitative estimate of drug-likeness (QED) is 0.330. The first-order chi connectivity index (χ1) is 8.21. The zero-order chi connectivity index (χ0) is 12.7. The molecule has 5 nitrogen and oxygen atoms in total. The first kappa shape index (κ1) is 17.0. The highest BCUT2D eigenvalue weighted by Gasteiger charge is 2.25. The summed E-state index contributed by atoms with van der Waals surface area (Å²) in [4.78, 5) is 17.5. The van der Waals surface area contributed by atoms with E-state index in [2.05, 4.69) is 21.5 Å². The molecule has 2 N–H and O–H groups in total. The smallest absolute Gasteiger partial charge is 0.222 e. The van der Waals surface area contributed by atoms with Crippen LogP contribution in [0.5, 0.6) is 0 Å². The predicted octanol–water partition coefficient (Wildman–Crippen LogP) is 0.413. The molecule has 0 bridgehead atoms. The van der Waals surface area contributed by atoms with E-state index >= 15 is 0 Å². The van der Waals surface area contributed by atoms with Gasteiger partial charge in [0.2, 0.25) is 5.91 Å². The standard InChI is InChI=1S/C12H20N4O.HI/c1-4-7-14-12(13-3)15-10-6-8-16(9-10)11(17)5-2;/h1,10H,5-9H2,2-3H3,(H2,13,14,15);1H. The third-order valence-electron chi connectivity index (χ3n) is 2.77. The Balaban J connectivity index is 0.00000289. The molecule has 1 saturated heterocycles. The van der Waals surface area contributed by atoms with Crippen molar-refractivity contribution >= 4 is 35.8 Å². The van der Waals surface area contributed by atoms with Gasteiger partial charge in [-0.3, -0.25) is 9.79 Å². The van der Waals surface area contributed by atoms with Crippen molar-refractivity contribution in [3.8, 4) is 12.3 Å². The van der Waals surface area contributed by atoms with Gasteiger partial charge in [0.05, 0.1) is 6.54 Å². The minimum absolute atomic E-state index is 0. The Morgan fingerprint density at radius 3 is 2.89 bits per heavy atom. The molecule has 6 heteroatoms. The van der Waals surface area contributed by atoms with E-state index in [1.54, 1.807) is 7.05 Å². The maximum absolute atomic E-state index is 11.5. The van der Waals surface area contributed by atoms with Gasteiger partial charge in [0.1, 0.15) is 0 Å². The van der Waals surface area contributed by atoms with Crippen LogP contribution in [0, 0.1) is 12.3 Å². The van der Waals surface area contributed by atoms with Crippen molar-refractivity contribution < 1.29 is 4.79 Å². The van der Waals surface area contributed by atoms with Crippen molar-refractivity contribution in [3.05, 3.63) is 0 Å². The number of rotatable bonds is 3. The molecule has 1 fully saturated rings. The summed E-state index contributed by atoms with van der Waals surface area (Å²) in [7, 11) is 1.70. The summed E-state index contributed by atoms with van der Waals surface area (Å²) < 4.78 is 0. The molecule has 1 aliphatic heterocycles. The van der Waals surface area contributed by atoms with Crippen molar-refractivity contribution in [2.24, 2.45) is 4.99 Å². The number of nitrogens with one attached hydrogen (secondary N) is 2. The molecule has 1 rings (SSSR count). The average molecular weight is 364 g/mol. The minimum atomic E-state index is 0. The molecule has 0 aliphatic carbocycles. The summed E-state index contributed by atoms with van der Waals surface area (Å²) in [6.45, 7) is 3.89. The van der Waals surface area contributed by atoms with Crippen LogP contribution in [0.4, 0.5) is 0 Å². The summed E-state index contributed by atoms with van der Waals surface area (Å²) in [6.07, 6.45) is 6.68. The summed E-state index contributed by atoms with van der Waals surface area (Å²) in [5.74, 6) is 3.40. The van der Waals surface area contributed by atoms with Crippen LogP contribution in [0.15, 0.2) is 4.99 Å². The number of nitrogens with zero attached hydrogens (tertiary/aromatic N) is 2. The Morgan fingerprint density at radius 1 is 1.61 bits per heavy atom. The normalized spacial score (nSPS) is 18.8. The van der Waals surface area contributed by atoms with Gasteiger partial charge < -0.3 is 15.5 Å². The summed E-state index contributed by atoms with van der Waals surface area (Å²) in [6, 6.07) is 0.259. The van der Waals surface area contributed by atoms with Crippen molar-refractivity contribution in [3.63, 3.8) is 0 Å². The zero-order valence-corrected chi connectivity index (χ0v) is 13.2. The van der Waals surface area contributed by atoms with Gasteiger partial charge in [0.25, 0.3) is 0 Å². The van der Waals surface area contributed by atoms with E-state index in [9.17, 15) is 4.79 Å². The van der Waals surface area contributed by atoms with E-state index in [1.807, 2.05) is 11.8 Å². The Hall–Kier alpha value is -0.970. The SMILES string of the molecule is C#CCNC(=NC)NC1CCN(C(=O)CC)C1.I. The van der Waals surface area contributed by atoms with Crippen LogP contribution in [-0.2, 0) is 4.79 Å². The Kier molecular flexibility index (Phi) is 8.54. The van der Waals surface area contributed by atoms with Crippen LogP contribution in [0.25, 0.3) is 0 Å². The molecule has 1 amide bonds. The molecule has 0 saturated carbocycles. The summed E-state index contributed by atoms with van der Waals surface area (Å²) in [5, 5.41) is 6.26. The molecule has 0 spiro atoms. The Morgan fingerprint density at radius 2 is 2.33 bits per heavy atom. The molecule has 1 unspecified atom stereocenters. The highest BCUT2D eigenvalue weighted by atomic mass is 127. The van der Waals surface area contributed by atoms with Gasteiger partial charge in [-0.1, -0.05) is 12.8 Å². The number of carbonyl (C=O) groups is 1. The molecule has 0 aromatic rings. The fourth-order valence-electron chi connectivity index (χ4n) is 1.85. The summed E-state index contributed by atoms with van der Waals surface area (Å²) >= 11 is 0. The minimum Gasteiger partial charge on any atom is -0.352 e. The number of hydrogen-bond donors (Lipinski definition) is 2. The van der Waals surface area contributed by atoms with Gasteiger partial charge in [-0.2, -0.15) is 0 Å². The number of carbonyl (C=O) groups excluding carboxylic acids is 1. The van der Waals surface area contributed by atoms with E-state index < -0.39 is 0 Å². The average Bonchev–Trinajstić information content (AvgIpc) is 2.81. The van der Waals surface area contributed by atoms with E-state index in [4.69, 9.17) is 6.42 Å². The number of hydrogen-bond acceptors (Lipinski definition) is 2. The van der Waals surface area contributed by atoms with E-state index in [0.29, 0.717) is 18.9 Å². The van der Waals surface area contributed by atoms with Crippen LogP contribution in [0.1, 0.15) is 19.8 Å². The third-order valence-corrected chi connectivity index (χ3v) is 2.77. The first-order valence-electron chi connectivity index (χ1n) is 5.89. The molecule has 18 heavy (non-hydrogen) atoms.